The first-order valence-corrected chi connectivity index (χ1v) is 16.8. The Morgan fingerprint density at radius 2 is 1.12 bits per heavy atom. The number of carbonyl (C=O) groups excluding carboxylic acids is 1. The second kappa shape index (κ2) is 13.4. The van der Waals surface area contributed by atoms with Gasteiger partial charge in [0.1, 0.15) is 5.75 Å². The molecule has 0 fully saturated rings. The van der Waals surface area contributed by atoms with E-state index in [4.69, 9.17) is 4.74 Å². The van der Waals surface area contributed by atoms with Gasteiger partial charge in [-0.15, -0.1) is 0 Å². The van der Waals surface area contributed by atoms with E-state index in [0.29, 0.717) is 39.8 Å². The van der Waals surface area contributed by atoms with E-state index in [2.05, 4.69) is 0 Å². The van der Waals surface area contributed by atoms with Crippen molar-refractivity contribution >= 4 is 37.1 Å². The van der Waals surface area contributed by atoms with Crippen molar-refractivity contribution < 1.29 is 56.7 Å². The van der Waals surface area contributed by atoms with Crippen molar-refractivity contribution in [3.05, 3.63) is 137 Å². The zero-order chi connectivity index (χ0) is 35.5. The molecule has 0 aliphatic rings. The molecule has 5 aromatic rings. The molecule has 0 radical (unpaired) electrons. The van der Waals surface area contributed by atoms with E-state index in [-0.39, 0.29) is 10.7 Å². The van der Waals surface area contributed by atoms with Crippen molar-refractivity contribution in [1.82, 2.24) is 0 Å². The average molecular weight is 741 g/mol. The van der Waals surface area contributed by atoms with Crippen LogP contribution in [0.15, 0.2) is 117 Å². The van der Waals surface area contributed by atoms with Crippen molar-refractivity contribution in [3.63, 3.8) is 0 Å². The van der Waals surface area contributed by atoms with Gasteiger partial charge >= 0.3 is 38.8 Å². The second-order valence-electron chi connectivity index (χ2n) is 9.66. The van der Waals surface area contributed by atoms with Crippen molar-refractivity contribution in [2.24, 2.45) is 0 Å². The third-order valence-electron chi connectivity index (χ3n) is 6.15. The van der Waals surface area contributed by atoms with Crippen LogP contribution in [0.3, 0.4) is 0 Å². The summed E-state index contributed by atoms with van der Waals surface area (Å²) in [6.45, 7) is 0. The predicted molar refractivity (Wildman–Crippen MR) is 165 cm³/mol. The summed E-state index contributed by atoms with van der Waals surface area (Å²) in [4.78, 5) is 11.8. The van der Waals surface area contributed by atoms with Crippen molar-refractivity contribution in [2.45, 2.75) is 19.6 Å². The van der Waals surface area contributed by atoms with Crippen LogP contribution in [-0.4, -0.2) is 17.7 Å². The van der Waals surface area contributed by atoms with Gasteiger partial charge in [0.2, 0.25) is 5.82 Å². The molecule has 254 valence electrons. The normalized spacial score (nSPS) is 12.8. The number of hydrogen-bond acceptors (Lipinski definition) is 3. The van der Waals surface area contributed by atoms with E-state index in [9.17, 15) is 51.9 Å². The molecule has 0 saturated carbocycles. The summed E-state index contributed by atoms with van der Waals surface area (Å²) in [7, 11) is -9.20. The Hall–Kier alpha value is -4.07. The fourth-order valence-corrected chi connectivity index (χ4v) is 6.02. The molecular weight excluding hydrogens is 720 g/mol. The number of ketones is 1. The third-order valence-corrected chi connectivity index (χ3v) is 8.37. The van der Waals surface area contributed by atoms with Crippen LogP contribution in [0.1, 0.15) is 11.1 Å². The molecular formula is C32H20F11O2PS2. The molecule has 0 saturated heterocycles. The summed E-state index contributed by atoms with van der Waals surface area (Å²) >= 11 is 1.88. The zero-order valence-corrected chi connectivity index (χ0v) is 26.5. The molecule has 0 amide bonds. The van der Waals surface area contributed by atoms with Gasteiger partial charge in [0, 0.05) is 14.7 Å². The molecule has 48 heavy (non-hydrogen) atoms. The summed E-state index contributed by atoms with van der Waals surface area (Å²) in [5.74, 6) is -9.40. The number of ether oxygens (including phenoxy) is 1. The topological polar surface area (TPSA) is 30.6 Å². The van der Waals surface area contributed by atoms with Gasteiger partial charge in [-0.1, -0.05) is 66.0 Å². The molecule has 16 heteroatoms. The van der Waals surface area contributed by atoms with Crippen LogP contribution in [0.4, 0.5) is 47.1 Å². The van der Waals surface area contributed by atoms with Crippen LogP contribution in [0.25, 0.3) is 11.1 Å². The van der Waals surface area contributed by atoms with E-state index in [1.807, 2.05) is 66.7 Å². The van der Waals surface area contributed by atoms with Crippen LogP contribution in [0.5, 0.6) is 5.75 Å². The van der Waals surface area contributed by atoms with Gasteiger partial charge in [-0.2, -0.15) is 0 Å². The third kappa shape index (κ3) is 9.97. The van der Waals surface area contributed by atoms with Crippen LogP contribution in [0.2, 0.25) is 0 Å². The Labute approximate surface area is 274 Å². The number of halogens is 11. The van der Waals surface area contributed by atoms with Gasteiger partial charge in [-0.25, -0.2) is 22.0 Å². The van der Waals surface area contributed by atoms with Gasteiger partial charge in [0.25, 0.3) is 0 Å². The quantitative estimate of drug-likeness (QED) is 0.0396. The second-order valence-corrected chi connectivity index (χ2v) is 13.7. The first kappa shape index (κ1) is 36.8. The van der Waals surface area contributed by atoms with Crippen LogP contribution >= 0.6 is 31.3 Å². The van der Waals surface area contributed by atoms with Gasteiger partial charge < -0.3 is 4.74 Å². The van der Waals surface area contributed by atoms with Crippen LogP contribution in [-0.2, 0) is 0 Å². The average Bonchev–Trinajstić information content (AvgIpc) is 3.04. The first-order valence-electron chi connectivity index (χ1n) is 13.2. The van der Waals surface area contributed by atoms with E-state index < -0.39 is 41.8 Å². The summed E-state index contributed by atoms with van der Waals surface area (Å²) < 4.78 is 135. The standard InChI is InChI=1S/C32H19F5O2S2.F6P/c1-39-20-13-16-25(41-32-29(36)27(34)26(33)28(35)30(32)37)23(17-20)18-11-14-21(15-12-18)40-24-10-6-5-9-22(24)31(38)19-7-3-2-4-8-19;1-7(2,3,4,5)6/h2-17H,1H3;/q;-1/p+1. The monoisotopic (exact) mass is 740 g/mol. The van der Waals surface area contributed by atoms with E-state index in [0.717, 1.165) is 9.79 Å². The molecule has 0 unspecified atom stereocenters. The summed E-state index contributed by atoms with van der Waals surface area (Å²) in [5.41, 5.74) is 2.46. The Balaban J connectivity index is 0.000000671. The summed E-state index contributed by atoms with van der Waals surface area (Å²) in [6, 6.07) is 28.5. The van der Waals surface area contributed by atoms with Crippen LogP contribution in [0, 0.1) is 29.1 Å². The van der Waals surface area contributed by atoms with Crippen molar-refractivity contribution in [3.8, 4) is 16.9 Å². The zero-order valence-electron chi connectivity index (χ0n) is 24.0. The van der Waals surface area contributed by atoms with Gasteiger partial charge in [0.05, 0.1) is 23.1 Å². The maximum absolute atomic E-state index is 14.4. The van der Waals surface area contributed by atoms with E-state index in [1.54, 1.807) is 18.2 Å². The first-order chi connectivity index (χ1) is 22.2. The molecule has 0 aliphatic heterocycles. The molecule has 2 nitrogen and oxygen atoms in total. The van der Waals surface area contributed by atoms with Gasteiger partial charge in [0.15, 0.2) is 23.3 Å². The van der Waals surface area contributed by atoms with Crippen molar-refractivity contribution in [1.29, 1.82) is 0 Å². The number of methoxy groups -OCH3 is 1. The Bertz CT molecular complexity index is 1930. The summed E-state index contributed by atoms with van der Waals surface area (Å²) in [5, 5.41) is 0. The molecule has 5 rings (SSSR count). The molecule has 0 bridgehead atoms. The molecule has 0 aromatic heterocycles. The maximum atomic E-state index is 14.4. The SMILES string of the molecule is COc1ccc(Sc2c(F)c(F)c(F)c(F)c2F)c(-c2ccc(Sc3ccccc3C(=[OH+])c3ccccc3)cc2)c1.F[P-](F)(F)(F)(F)F. The molecule has 0 spiro atoms. The van der Waals surface area contributed by atoms with E-state index in [1.165, 1.54) is 31.0 Å². The van der Waals surface area contributed by atoms with Crippen molar-refractivity contribution in [2.75, 3.05) is 7.11 Å². The van der Waals surface area contributed by atoms with Gasteiger partial charge in [-0.3, -0.25) is 4.79 Å². The molecule has 0 atom stereocenters. The van der Waals surface area contributed by atoms with Gasteiger partial charge in [-0.05, 0) is 65.7 Å². The number of benzene rings is 5. The number of hydrogen-bond donors (Lipinski definition) is 0. The van der Waals surface area contributed by atoms with Crippen LogP contribution < -0.4 is 4.74 Å². The fraction of sp³-hybridized carbons (Fsp3) is 0.0312. The Morgan fingerprint density at radius 1 is 0.604 bits per heavy atom. The Morgan fingerprint density at radius 3 is 1.69 bits per heavy atom. The fourth-order valence-electron chi connectivity index (χ4n) is 4.07. The minimum atomic E-state index is -10.7. The molecule has 5 aromatic carbocycles. The number of rotatable bonds is 8. The van der Waals surface area contributed by atoms with E-state index >= 15 is 0 Å². The molecule has 0 heterocycles. The molecule has 0 aliphatic carbocycles. The molecule has 1 N–H and O–H groups in total. The summed E-state index contributed by atoms with van der Waals surface area (Å²) in [6.07, 6.45) is 0. The predicted octanol–water partition coefficient (Wildman–Crippen LogP) is 12.7. The Kier molecular flexibility index (Phi) is 10.3. The minimum absolute atomic E-state index is 0.150.